The molecule has 1 aromatic carbocycles. The first-order valence-electron chi connectivity index (χ1n) is 5.93. The molecule has 0 spiro atoms. The van der Waals surface area contributed by atoms with Crippen molar-refractivity contribution in [3.05, 3.63) is 33.8 Å². The Morgan fingerprint density at radius 1 is 1.25 bits per heavy atom. The van der Waals surface area contributed by atoms with E-state index in [1.807, 2.05) is 12.1 Å². The van der Waals surface area contributed by atoms with Crippen molar-refractivity contribution in [1.82, 2.24) is 5.32 Å². The molecule has 0 amide bonds. The van der Waals surface area contributed by atoms with Gasteiger partial charge < -0.3 is 5.32 Å². The van der Waals surface area contributed by atoms with Crippen LogP contribution in [0.3, 0.4) is 0 Å². The third kappa shape index (κ3) is 3.13. The Labute approximate surface area is 107 Å². The van der Waals surface area contributed by atoms with E-state index < -0.39 is 0 Å². The van der Waals surface area contributed by atoms with E-state index in [4.69, 9.17) is 23.2 Å². The largest absolute Gasteiger partial charge is 0.314 e. The lowest BCUT2D eigenvalue weighted by Crippen LogP contribution is -2.34. The molecule has 88 valence electrons. The molecule has 0 bridgehead atoms. The summed E-state index contributed by atoms with van der Waals surface area (Å²) in [6.45, 7) is 1.16. The van der Waals surface area contributed by atoms with Crippen LogP contribution in [0.4, 0.5) is 0 Å². The zero-order valence-corrected chi connectivity index (χ0v) is 10.8. The fraction of sp³-hybridized carbons (Fsp3) is 0.538. The van der Waals surface area contributed by atoms with Crippen molar-refractivity contribution in [2.24, 2.45) is 0 Å². The summed E-state index contributed by atoms with van der Waals surface area (Å²) in [5.41, 5.74) is 1.17. The van der Waals surface area contributed by atoms with E-state index in [1.54, 1.807) is 0 Å². The lowest BCUT2D eigenvalue weighted by atomic mass is 9.98. The molecule has 3 heteroatoms. The molecule has 0 aromatic heterocycles. The number of piperidine rings is 1. The van der Waals surface area contributed by atoms with E-state index in [-0.39, 0.29) is 0 Å². The van der Waals surface area contributed by atoms with Crippen LogP contribution >= 0.6 is 23.2 Å². The smallest absolute Gasteiger partial charge is 0.0624 e. The first-order valence-corrected chi connectivity index (χ1v) is 6.69. The standard InChI is InChI=1S/C13H17Cl2N/c14-12-6-3-4-10(13(12)15)7-8-11-5-1-2-9-16-11/h3-4,6,11,16H,1-2,5,7-9H2. The molecule has 1 aliphatic heterocycles. The van der Waals surface area contributed by atoms with Crippen molar-refractivity contribution in [3.63, 3.8) is 0 Å². The quantitative estimate of drug-likeness (QED) is 0.861. The van der Waals surface area contributed by atoms with Crippen molar-refractivity contribution in [2.45, 2.75) is 38.1 Å². The van der Waals surface area contributed by atoms with Crippen LogP contribution in [-0.4, -0.2) is 12.6 Å². The highest BCUT2D eigenvalue weighted by atomic mass is 35.5. The third-order valence-electron chi connectivity index (χ3n) is 3.21. The van der Waals surface area contributed by atoms with Crippen LogP contribution in [0.1, 0.15) is 31.2 Å². The van der Waals surface area contributed by atoms with Crippen LogP contribution in [0.5, 0.6) is 0 Å². The topological polar surface area (TPSA) is 12.0 Å². The highest BCUT2D eigenvalue weighted by Crippen LogP contribution is 2.27. The van der Waals surface area contributed by atoms with Crippen molar-refractivity contribution in [2.75, 3.05) is 6.54 Å². The summed E-state index contributed by atoms with van der Waals surface area (Å²) in [4.78, 5) is 0. The fourth-order valence-electron chi connectivity index (χ4n) is 2.24. The average molecular weight is 258 g/mol. The number of aryl methyl sites for hydroxylation is 1. The summed E-state index contributed by atoms with van der Waals surface area (Å²) in [5.74, 6) is 0. The summed E-state index contributed by atoms with van der Waals surface area (Å²) in [6.07, 6.45) is 6.12. The Hall–Kier alpha value is -0.240. The molecule has 1 saturated heterocycles. The monoisotopic (exact) mass is 257 g/mol. The van der Waals surface area contributed by atoms with Gasteiger partial charge in [0.05, 0.1) is 10.0 Å². The molecule has 1 heterocycles. The molecule has 1 N–H and O–H groups in total. The molecule has 0 aliphatic carbocycles. The number of hydrogen-bond acceptors (Lipinski definition) is 1. The first kappa shape index (κ1) is 12.2. The molecule has 1 unspecified atom stereocenters. The third-order valence-corrected chi connectivity index (χ3v) is 4.06. The number of nitrogens with one attached hydrogen (secondary N) is 1. The Morgan fingerprint density at radius 2 is 2.12 bits per heavy atom. The van der Waals surface area contributed by atoms with Gasteiger partial charge in [0, 0.05) is 6.04 Å². The summed E-state index contributed by atoms with van der Waals surface area (Å²) < 4.78 is 0. The maximum absolute atomic E-state index is 6.16. The molecule has 0 radical (unpaired) electrons. The minimum Gasteiger partial charge on any atom is -0.314 e. The molecule has 1 nitrogen and oxygen atoms in total. The Bertz CT molecular complexity index is 346. The predicted molar refractivity (Wildman–Crippen MR) is 70.4 cm³/mol. The Balaban J connectivity index is 1.91. The molecular formula is C13H17Cl2N. The summed E-state index contributed by atoms with van der Waals surface area (Å²) >= 11 is 12.1. The van der Waals surface area contributed by atoms with Gasteiger partial charge in [-0.15, -0.1) is 0 Å². The van der Waals surface area contributed by atoms with Crippen LogP contribution in [0.2, 0.25) is 10.0 Å². The Kier molecular flexibility index (Phi) is 4.51. The molecule has 1 fully saturated rings. The van der Waals surface area contributed by atoms with Crippen molar-refractivity contribution >= 4 is 23.2 Å². The SMILES string of the molecule is Clc1cccc(CCC2CCCCN2)c1Cl. The fourth-order valence-corrected chi connectivity index (χ4v) is 2.66. The minimum absolute atomic E-state index is 0.656. The van der Waals surface area contributed by atoms with Gasteiger partial charge in [0.25, 0.3) is 0 Å². The lowest BCUT2D eigenvalue weighted by molar-refractivity contribution is 0.383. The van der Waals surface area contributed by atoms with Gasteiger partial charge in [-0.25, -0.2) is 0 Å². The number of hydrogen-bond donors (Lipinski definition) is 1. The molecule has 1 aromatic rings. The molecule has 16 heavy (non-hydrogen) atoms. The molecule has 1 atom stereocenters. The molecule has 1 aliphatic rings. The number of benzene rings is 1. The maximum Gasteiger partial charge on any atom is 0.0624 e. The number of rotatable bonds is 3. The van der Waals surface area contributed by atoms with E-state index in [0.29, 0.717) is 11.1 Å². The van der Waals surface area contributed by atoms with Crippen molar-refractivity contribution in [1.29, 1.82) is 0 Å². The normalized spacial score (nSPS) is 21.0. The van der Waals surface area contributed by atoms with E-state index in [0.717, 1.165) is 24.4 Å². The van der Waals surface area contributed by atoms with E-state index in [9.17, 15) is 0 Å². The second kappa shape index (κ2) is 5.90. The van der Waals surface area contributed by atoms with Gasteiger partial charge in [0.15, 0.2) is 0 Å². The lowest BCUT2D eigenvalue weighted by Gasteiger charge is -2.23. The van der Waals surface area contributed by atoms with Gasteiger partial charge >= 0.3 is 0 Å². The Morgan fingerprint density at radius 3 is 2.88 bits per heavy atom. The maximum atomic E-state index is 6.16. The summed E-state index contributed by atoms with van der Waals surface area (Å²) in [6, 6.07) is 6.53. The van der Waals surface area contributed by atoms with E-state index >= 15 is 0 Å². The highest BCUT2D eigenvalue weighted by Gasteiger charge is 2.13. The molecular weight excluding hydrogens is 241 g/mol. The van der Waals surface area contributed by atoms with E-state index in [2.05, 4.69) is 11.4 Å². The zero-order valence-electron chi connectivity index (χ0n) is 9.31. The molecule has 0 saturated carbocycles. The van der Waals surface area contributed by atoms with Gasteiger partial charge in [-0.2, -0.15) is 0 Å². The zero-order chi connectivity index (χ0) is 11.4. The van der Waals surface area contributed by atoms with Gasteiger partial charge in [-0.1, -0.05) is 41.8 Å². The number of halogens is 2. The van der Waals surface area contributed by atoms with Gasteiger partial charge in [0.1, 0.15) is 0 Å². The second-order valence-electron chi connectivity index (χ2n) is 4.40. The second-order valence-corrected chi connectivity index (χ2v) is 5.18. The van der Waals surface area contributed by atoms with Crippen molar-refractivity contribution < 1.29 is 0 Å². The van der Waals surface area contributed by atoms with Crippen LogP contribution in [-0.2, 0) is 6.42 Å². The van der Waals surface area contributed by atoms with Gasteiger partial charge in [-0.05, 0) is 43.9 Å². The van der Waals surface area contributed by atoms with Crippen LogP contribution in [0.15, 0.2) is 18.2 Å². The highest BCUT2D eigenvalue weighted by molar-refractivity contribution is 6.42. The first-order chi connectivity index (χ1) is 7.77. The van der Waals surface area contributed by atoms with Crippen LogP contribution < -0.4 is 5.32 Å². The van der Waals surface area contributed by atoms with Gasteiger partial charge in [0.2, 0.25) is 0 Å². The van der Waals surface area contributed by atoms with Crippen LogP contribution in [0, 0.1) is 0 Å². The summed E-state index contributed by atoms with van der Waals surface area (Å²) in [5, 5.41) is 4.93. The van der Waals surface area contributed by atoms with Crippen LogP contribution in [0.25, 0.3) is 0 Å². The predicted octanol–water partition coefficient (Wildman–Crippen LogP) is 4.07. The minimum atomic E-state index is 0.656. The average Bonchev–Trinajstić information content (AvgIpc) is 2.32. The summed E-state index contributed by atoms with van der Waals surface area (Å²) in [7, 11) is 0. The van der Waals surface area contributed by atoms with Crippen molar-refractivity contribution in [3.8, 4) is 0 Å². The van der Waals surface area contributed by atoms with E-state index in [1.165, 1.54) is 24.8 Å². The van der Waals surface area contributed by atoms with Gasteiger partial charge in [-0.3, -0.25) is 0 Å². The molecule has 2 rings (SSSR count).